The molecule has 25 heavy (non-hydrogen) atoms. The van der Waals surface area contributed by atoms with Gasteiger partial charge in [-0.2, -0.15) is 0 Å². The summed E-state index contributed by atoms with van der Waals surface area (Å²) in [6.07, 6.45) is 4.66. The number of benzene rings is 1. The van der Waals surface area contributed by atoms with Crippen LogP contribution >= 0.6 is 0 Å². The summed E-state index contributed by atoms with van der Waals surface area (Å²) in [6.45, 7) is 0. The van der Waals surface area contributed by atoms with Gasteiger partial charge in [0.1, 0.15) is 12.1 Å². The lowest BCUT2D eigenvalue weighted by atomic mass is 10.2. The van der Waals surface area contributed by atoms with Crippen LogP contribution in [0, 0.1) is 0 Å². The number of imidazole rings is 1. The van der Waals surface area contributed by atoms with Crippen LogP contribution < -0.4 is 10.9 Å². The van der Waals surface area contributed by atoms with Gasteiger partial charge < -0.3 is 10.3 Å². The van der Waals surface area contributed by atoms with Crippen molar-refractivity contribution >= 4 is 22.6 Å². The maximum atomic E-state index is 12.1. The molecule has 0 saturated carbocycles. The molecule has 0 aliphatic carbocycles. The van der Waals surface area contributed by atoms with Crippen molar-refractivity contribution in [1.29, 1.82) is 0 Å². The van der Waals surface area contributed by atoms with Crippen LogP contribution in [0.15, 0.2) is 72.0 Å². The van der Waals surface area contributed by atoms with E-state index in [1.165, 1.54) is 18.3 Å². The maximum Gasteiger partial charge on any atom is 0.257 e. The number of aromatic nitrogens is 4. The summed E-state index contributed by atoms with van der Waals surface area (Å²) in [7, 11) is 0. The SMILES string of the molecule is O=C(Nc1ccc(-n2cnc3ccccc32)nc1)c1ccc(=O)[nH]c1. The first kappa shape index (κ1) is 14.8. The van der Waals surface area contributed by atoms with Gasteiger partial charge in [-0.3, -0.25) is 14.2 Å². The number of carbonyl (C=O) groups is 1. The number of amides is 1. The summed E-state index contributed by atoms with van der Waals surface area (Å²) >= 11 is 0. The first-order chi connectivity index (χ1) is 12.2. The van der Waals surface area contributed by atoms with Crippen molar-refractivity contribution < 1.29 is 4.79 Å². The molecule has 3 aromatic heterocycles. The van der Waals surface area contributed by atoms with Gasteiger partial charge in [0.15, 0.2) is 0 Å². The van der Waals surface area contributed by atoms with Gasteiger partial charge in [0.2, 0.25) is 5.56 Å². The zero-order valence-corrected chi connectivity index (χ0v) is 13.0. The quantitative estimate of drug-likeness (QED) is 0.603. The third-order valence-corrected chi connectivity index (χ3v) is 3.75. The van der Waals surface area contributed by atoms with Crippen molar-refractivity contribution in [3.8, 4) is 5.82 Å². The highest BCUT2D eigenvalue weighted by atomic mass is 16.1. The molecule has 0 unspecified atom stereocenters. The number of fused-ring (bicyclic) bond motifs is 1. The van der Waals surface area contributed by atoms with E-state index in [0.717, 1.165) is 11.0 Å². The van der Waals surface area contributed by atoms with Crippen molar-refractivity contribution in [3.05, 3.63) is 83.2 Å². The minimum absolute atomic E-state index is 0.255. The minimum Gasteiger partial charge on any atom is -0.328 e. The average molecular weight is 331 g/mol. The summed E-state index contributed by atoms with van der Waals surface area (Å²) in [5.74, 6) is 0.384. The molecule has 1 aromatic carbocycles. The van der Waals surface area contributed by atoms with Crippen LogP contribution in [0.5, 0.6) is 0 Å². The molecule has 122 valence electrons. The molecule has 2 N–H and O–H groups in total. The van der Waals surface area contributed by atoms with Crippen LogP contribution in [-0.2, 0) is 0 Å². The normalized spacial score (nSPS) is 10.7. The number of aromatic amines is 1. The van der Waals surface area contributed by atoms with Gasteiger partial charge in [-0.15, -0.1) is 0 Å². The van der Waals surface area contributed by atoms with Gasteiger partial charge in [0, 0.05) is 12.3 Å². The Bertz CT molecular complexity index is 1090. The molecular weight excluding hydrogens is 318 g/mol. The number of anilines is 1. The Labute approximate surface area is 142 Å². The second kappa shape index (κ2) is 6.04. The van der Waals surface area contributed by atoms with Crippen LogP contribution in [0.2, 0.25) is 0 Å². The topological polar surface area (TPSA) is 92.7 Å². The third-order valence-electron chi connectivity index (χ3n) is 3.75. The molecule has 0 saturated heterocycles. The number of H-pyrrole nitrogens is 1. The van der Waals surface area contributed by atoms with Gasteiger partial charge in [-0.1, -0.05) is 12.1 Å². The Hall–Kier alpha value is -3.74. The Morgan fingerprint density at radius 2 is 1.92 bits per heavy atom. The Morgan fingerprint density at radius 3 is 2.68 bits per heavy atom. The number of nitrogens with zero attached hydrogens (tertiary/aromatic N) is 3. The summed E-state index contributed by atoms with van der Waals surface area (Å²) in [6, 6.07) is 14.1. The van der Waals surface area contributed by atoms with E-state index in [-0.39, 0.29) is 11.5 Å². The Morgan fingerprint density at radius 1 is 1.04 bits per heavy atom. The predicted molar refractivity (Wildman–Crippen MR) is 93.9 cm³/mol. The average Bonchev–Trinajstić information content (AvgIpc) is 3.07. The fraction of sp³-hybridized carbons (Fsp3) is 0. The lowest BCUT2D eigenvalue weighted by molar-refractivity contribution is 0.102. The molecule has 4 aromatic rings. The van der Waals surface area contributed by atoms with Crippen LogP contribution in [0.3, 0.4) is 0 Å². The Kier molecular flexibility index (Phi) is 3.59. The third kappa shape index (κ3) is 2.90. The van der Waals surface area contributed by atoms with E-state index in [4.69, 9.17) is 0 Å². The van der Waals surface area contributed by atoms with E-state index in [1.807, 2.05) is 28.8 Å². The first-order valence-corrected chi connectivity index (χ1v) is 7.59. The van der Waals surface area contributed by atoms with E-state index >= 15 is 0 Å². The molecule has 0 aliphatic rings. The number of hydrogen-bond donors (Lipinski definition) is 2. The van der Waals surface area contributed by atoms with Crippen molar-refractivity contribution in [3.63, 3.8) is 0 Å². The summed E-state index contributed by atoms with van der Waals surface area (Å²) in [5.41, 5.74) is 2.52. The first-order valence-electron chi connectivity index (χ1n) is 7.59. The number of para-hydroxylation sites is 2. The number of nitrogens with one attached hydrogen (secondary N) is 2. The van der Waals surface area contributed by atoms with Crippen molar-refractivity contribution in [2.24, 2.45) is 0 Å². The second-order valence-electron chi connectivity index (χ2n) is 5.40. The number of carbonyl (C=O) groups excluding carboxylic acids is 1. The van der Waals surface area contributed by atoms with Gasteiger partial charge >= 0.3 is 0 Å². The number of hydrogen-bond acceptors (Lipinski definition) is 4. The number of pyridine rings is 2. The van der Waals surface area contributed by atoms with Crippen molar-refractivity contribution in [2.45, 2.75) is 0 Å². The van der Waals surface area contributed by atoms with E-state index in [1.54, 1.807) is 24.7 Å². The second-order valence-corrected chi connectivity index (χ2v) is 5.40. The Balaban J connectivity index is 1.57. The molecule has 0 atom stereocenters. The van der Waals surface area contributed by atoms with Gasteiger partial charge in [-0.05, 0) is 30.3 Å². The largest absolute Gasteiger partial charge is 0.328 e. The monoisotopic (exact) mass is 331 g/mol. The molecule has 3 heterocycles. The summed E-state index contributed by atoms with van der Waals surface area (Å²) in [4.78, 5) is 34.4. The highest BCUT2D eigenvalue weighted by Gasteiger charge is 2.08. The lowest BCUT2D eigenvalue weighted by Crippen LogP contribution is -2.14. The molecule has 0 bridgehead atoms. The highest BCUT2D eigenvalue weighted by Crippen LogP contribution is 2.17. The molecule has 7 heteroatoms. The van der Waals surface area contributed by atoms with E-state index in [9.17, 15) is 9.59 Å². The minimum atomic E-state index is -0.320. The fourth-order valence-electron chi connectivity index (χ4n) is 2.50. The van der Waals surface area contributed by atoms with Crippen molar-refractivity contribution in [1.82, 2.24) is 19.5 Å². The zero-order chi connectivity index (χ0) is 17.2. The molecule has 4 rings (SSSR count). The van der Waals surface area contributed by atoms with Crippen LogP contribution in [0.4, 0.5) is 5.69 Å². The molecule has 0 fully saturated rings. The van der Waals surface area contributed by atoms with E-state index in [0.29, 0.717) is 17.1 Å². The van der Waals surface area contributed by atoms with Crippen LogP contribution in [-0.4, -0.2) is 25.4 Å². The summed E-state index contributed by atoms with van der Waals surface area (Å²) in [5, 5.41) is 2.74. The fourth-order valence-corrected chi connectivity index (χ4v) is 2.50. The standard InChI is InChI=1S/C18H13N5O2/c24-17-8-5-12(9-20-17)18(25)22-13-6-7-16(19-10-13)23-11-21-14-3-1-2-4-15(14)23/h1-11H,(H,20,24)(H,22,25). The van der Waals surface area contributed by atoms with E-state index in [2.05, 4.69) is 20.3 Å². The maximum absolute atomic E-state index is 12.1. The molecular formula is C18H13N5O2. The molecule has 7 nitrogen and oxygen atoms in total. The molecule has 0 spiro atoms. The molecule has 0 radical (unpaired) electrons. The van der Waals surface area contributed by atoms with Crippen LogP contribution in [0.1, 0.15) is 10.4 Å². The summed E-state index contributed by atoms with van der Waals surface area (Å²) < 4.78 is 1.88. The highest BCUT2D eigenvalue weighted by molar-refractivity contribution is 6.03. The van der Waals surface area contributed by atoms with E-state index < -0.39 is 0 Å². The van der Waals surface area contributed by atoms with Gasteiger partial charge in [0.05, 0.1) is 28.5 Å². The zero-order valence-electron chi connectivity index (χ0n) is 13.0. The predicted octanol–water partition coefficient (Wildman–Crippen LogP) is 2.36. The smallest absolute Gasteiger partial charge is 0.257 e. The molecule has 1 amide bonds. The van der Waals surface area contributed by atoms with Crippen molar-refractivity contribution in [2.75, 3.05) is 5.32 Å². The number of rotatable bonds is 3. The van der Waals surface area contributed by atoms with Gasteiger partial charge in [-0.25, -0.2) is 9.97 Å². The van der Waals surface area contributed by atoms with Gasteiger partial charge in [0.25, 0.3) is 5.91 Å². The van der Waals surface area contributed by atoms with Crippen LogP contribution in [0.25, 0.3) is 16.9 Å². The lowest BCUT2D eigenvalue weighted by Gasteiger charge is -2.07. The molecule has 0 aliphatic heterocycles.